The minimum atomic E-state index is -0.185. The lowest BCUT2D eigenvalue weighted by molar-refractivity contribution is -0.114. The molecular weight excluding hydrogens is 300 g/mol. The molecule has 2 heterocycles. The van der Waals surface area contributed by atoms with Crippen molar-refractivity contribution in [3.05, 3.63) is 11.1 Å². The topological polar surface area (TPSA) is 74.3 Å². The third-order valence-corrected chi connectivity index (χ3v) is 4.63. The van der Waals surface area contributed by atoms with E-state index in [1.807, 2.05) is 0 Å². The van der Waals surface area contributed by atoms with Crippen LogP contribution in [0.2, 0.25) is 0 Å². The summed E-state index contributed by atoms with van der Waals surface area (Å²) < 4.78 is 0. The van der Waals surface area contributed by atoms with Crippen molar-refractivity contribution < 1.29 is 9.59 Å². The summed E-state index contributed by atoms with van der Waals surface area (Å²) in [6.07, 6.45) is 2.48. The number of likely N-dealkylation sites (tertiary alicyclic amines) is 1. The molecule has 0 unspecified atom stereocenters. The van der Waals surface area contributed by atoms with Gasteiger partial charge in [0.15, 0.2) is 5.13 Å². The van der Waals surface area contributed by atoms with Gasteiger partial charge in [-0.25, -0.2) is 4.98 Å². The molecule has 1 aromatic heterocycles. The summed E-state index contributed by atoms with van der Waals surface area (Å²) in [5, 5.41) is 7.69. The maximum absolute atomic E-state index is 12.2. The van der Waals surface area contributed by atoms with E-state index in [-0.39, 0.29) is 11.8 Å². The predicted octanol–water partition coefficient (Wildman–Crippen LogP) is 1.95. The van der Waals surface area contributed by atoms with E-state index in [0.717, 1.165) is 13.1 Å². The highest BCUT2D eigenvalue weighted by Crippen LogP contribution is 2.18. The molecule has 6 nitrogen and oxygen atoms in total. The Hall–Kier alpha value is -1.47. The normalized spacial score (nSPS) is 16.7. The molecule has 2 rings (SSSR count). The van der Waals surface area contributed by atoms with E-state index < -0.39 is 0 Å². The molecule has 1 aliphatic heterocycles. The summed E-state index contributed by atoms with van der Waals surface area (Å²) >= 11 is 1.26. The standard InChI is InChI=1S/C15H24N4O2S/c1-10(2)13(19-6-4-5-7-19)8-16-14(21)12-9-22-15(18-12)17-11(3)20/h9-10,13H,4-8H2,1-3H3,(H,16,21)(H,17,18,20)/t13-/m0/s1. The molecule has 0 bridgehead atoms. The number of anilines is 1. The van der Waals surface area contributed by atoms with E-state index in [9.17, 15) is 9.59 Å². The van der Waals surface area contributed by atoms with Crippen molar-refractivity contribution >= 4 is 28.3 Å². The summed E-state index contributed by atoms with van der Waals surface area (Å²) in [6, 6.07) is 0.361. The Labute approximate surface area is 135 Å². The molecular formula is C15H24N4O2S. The minimum absolute atomic E-state index is 0.183. The van der Waals surface area contributed by atoms with Crippen LogP contribution in [0.15, 0.2) is 5.38 Å². The van der Waals surface area contributed by atoms with Gasteiger partial charge in [-0.2, -0.15) is 0 Å². The Kier molecular flexibility index (Phi) is 5.90. The molecule has 1 aromatic rings. The van der Waals surface area contributed by atoms with Crippen molar-refractivity contribution in [2.45, 2.75) is 39.7 Å². The van der Waals surface area contributed by atoms with Crippen LogP contribution < -0.4 is 10.6 Å². The second kappa shape index (κ2) is 7.69. The van der Waals surface area contributed by atoms with Crippen LogP contribution in [0, 0.1) is 5.92 Å². The number of rotatable bonds is 6. The monoisotopic (exact) mass is 324 g/mol. The van der Waals surface area contributed by atoms with E-state index >= 15 is 0 Å². The van der Waals surface area contributed by atoms with Crippen molar-refractivity contribution in [1.29, 1.82) is 0 Å². The molecule has 1 atom stereocenters. The van der Waals surface area contributed by atoms with Crippen molar-refractivity contribution in [3.8, 4) is 0 Å². The molecule has 2 N–H and O–H groups in total. The van der Waals surface area contributed by atoms with Gasteiger partial charge in [-0.3, -0.25) is 14.5 Å². The molecule has 0 radical (unpaired) electrons. The summed E-state index contributed by atoms with van der Waals surface area (Å²) in [4.78, 5) is 29.8. The number of nitrogens with one attached hydrogen (secondary N) is 2. The van der Waals surface area contributed by atoms with E-state index in [0.29, 0.717) is 29.3 Å². The number of carbonyl (C=O) groups excluding carboxylic acids is 2. The molecule has 0 aromatic carbocycles. The van der Waals surface area contributed by atoms with Crippen LogP contribution in [-0.2, 0) is 4.79 Å². The Bertz CT molecular complexity index is 523. The van der Waals surface area contributed by atoms with Crippen molar-refractivity contribution in [3.63, 3.8) is 0 Å². The number of carbonyl (C=O) groups is 2. The summed E-state index contributed by atoms with van der Waals surface area (Å²) in [7, 11) is 0. The smallest absolute Gasteiger partial charge is 0.270 e. The highest BCUT2D eigenvalue weighted by molar-refractivity contribution is 7.14. The van der Waals surface area contributed by atoms with Gasteiger partial charge >= 0.3 is 0 Å². The predicted molar refractivity (Wildman–Crippen MR) is 88.2 cm³/mol. The minimum Gasteiger partial charge on any atom is -0.349 e. The summed E-state index contributed by atoms with van der Waals surface area (Å²) in [5.41, 5.74) is 0.359. The molecule has 1 aliphatic rings. The van der Waals surface area contributed by atoms with Gasteiger partial charge in [0.2, 0.25) is 5.91 Å². The number of aromatic nitrogens is 1. The zero-order valence-corrected chi connectivity index (χ0v) is 14.2. The van der Waals surface area contributed by atoms with Gasteiger partial charge in [0.25, 0.3) is 5.91 Å². The highest BCUT2D eigenvalue weighted by Gasteiger charge is 2.25. The molecule has 2 amide bonds. The van der Waals surface area contributed by atoms with E-state index in [2.05, 4.69) is 34.4 Å². The Balaban J connectivity index is 1.90. The average molecular weight is 324 g/mol. The van der Waals surface area contributed by atoms with E-state index in [4.69, 9.17) is 0 Å². The lowest BCUT2D eigenvalue weighted by Crippen LogP contribution is -2.45. The van der Waals surface area contributed by atoms with Gasteiger partial charge in [0.1, 0.15) is 5.69 Å². The van der Waals surface area contributed by atoms with Gasteiger partial charge in [0, 0.05) is 24.9 Å². The van der Waals surface area contributed by atoms with E-state index in [1.54, 1.807) is 5.38 Å². The van der Waals surface area contributed by atoms with Gasteiger partial charge in [-0.15, -0.1) is 11.3 Å². The van der Waals surface area contributed by atoms with Crippen molar-refractivity contribution in [2.75, 3.05) is 25.0 Å². The van der Waals surface area contributed by atoms with E-state index in [1.165, 1.54) is 31.1 Å². The van der Waals surface area contributed by atoms with Gasteiger partial charge in [-0.05, 0) is 31.8 Å². The van der Waals surface area contributed by atoms with Crippen LogP contribution in [0.3, 0.4) is 0 Å². The molecule has 7 heteroatoms. The maximum Gasteiger partial charge on any atom is 0.270 e. The lowest BCUT2D eigenvalue weighted by Gasteiger charge is -2.30. The highest BCUT2D eigenvalue weighted by atomic mass is 32.1. The summed E-state index contributed by atoms with van der Waals surface area (Å²) in [5.74, 6) is 0.122. The largest absolute Gasteiger partial charge is 0.349 e. The van der Waals surface area contributed by atoms with Crippen LogP contribution in [0.25, 0.3) is 0 Å². The molecule has 0 spiro atoms. The first-order valence-corrected chi connectivity index (χ1v) is 8.60. The van der Waals surface area contributed by atoms with Crippen LogP contribution in [0.1, 0.15) is 44.1 Å². The third kappa shape index (κ3) is 4.51. The first kappa shape index (κ1) is 16.9. The number of nitrogens with zero attached hydrogens (tertiary/aromatic N) is 2. The third-order valence-electron chi connectivity index (χ3n) is 3.87. The Morgan fingerprint density at radius 2 is 2.05 bits per heavy atom. The first-order valence-electron chi connectivity index (χ1n) is 7.72. The number of hydrogen-bond acceptors (Lipinski definition) is 5. The zero-order valence-electron chi connectivity index (χ0n) is 13.4. The summed E-state index contributed by atoms with van der Waals surface area (Å²) in [6.45, 7) is 8.65. The van der Waals surface area contributed by atoms with Gasteiger partial charge in [-0.1, -0.05) is 13.8 Å². The Morgan fingerprint density at radius 1 is 1.36 bits per heavy atom. The zero-order chi connectivity index (χ0) is 16.1. The maximum atomic E-state index is 12.2. The van der Waals surface area contributed by atoms with Crippen LogP contribution in [-0.4, -0.2) is 47.4 Å². The molecule has 1 saturated heterocycles. The first-order chi connectivity index (χ1) is 10.5. The SMILES string of the molecule is CC(=O)Nc1nc(C(=O)NC[C@@H](C(C)C)N2CCCC2)cs1. The fourth-order valence-corrected chi connectivity index (χ4v) is 3.47. The van der Waals surface area contributed by atoms with Crippen LogP contribution >= 0.6 is 11.3 Å². The molecule has 122 valence electrons. The van der Waals surface area contributed by atoms with Crippen LogP contribution in [0.5, 0.6) is 0 Å². The van der Waals surface area contributed by atoms with Crippen LogP contribution in [0.4, 0.5) is 5.13 Å². The van der Waals surface area contributed by atoms with Gasteiger partial charge < -0.3 is 10.6 Å². The van der Waals surface area contributed by atoms with Crippen molar-refractivity contribution in [1.82, 2.24) is 15.2 Å². The second-order valence-electron chi connectivity index (χ2n) is 5.98. The molecule has 22 heavy (non-hydrogen) atoms. The number of hydrogen-bond donors (Lipinski definition) is 2. The number of thiazole rings is 1. The number of amides is 2. The quantitative estimate of drug-likeness (QED) is 0.839. The molecule has 1 fully saturated rings. The second-order valence-corrected chi connectivity index (χ2v) is 6.84. The lowest BCUT2D eigenvalue weighted by atomic mass is 10.0. The van der Waals surface area contributed by atoms with Crippen molar-refractivity contribution in [2.24, 2.45) is 5.92 Å². The fraction of sp³-hybridized carbons (Fsp3) is 0.667. The fourth-order valence-electron chi connectivity index (χ4n) is 2.73. The average Bonchev–Trinajstić information content (AvgIpc) is 3.09. The van der Waals surface area contributed by atoms with Gasteiger partial charge in [0.05, 0.1) is 0 Å². The molecule has 0 saturated carbocycles. The molecule has 0 aliphatic carbocycles. The Morgan fingerprint density at radius 3 is 2.64 bits per heavy atom.